The van der Waals surface area contributed by atoms with Crippen molar-refractivity contribution >= 4 is 6.03 Å². The van der Waals surface area contributed by atoms with Crippen LogP contribution in [-0.4, -0.2) is 47.2 Å². The van der Waals surface area contributed by atoms with Gasteiger partial charge in [-0.3, -0.25) is 0 Å². The van der Waals surface area contributed by atoms with E-state index in [1.165, 1.54) is 0 Å². The lowest BCUT2D eigenvalue weighted by molar-refractivity contribution is 0.107. The van der Waals surface area contributed by atoms with Gasteiger partial charge in [-0.25, -0.2) is 9.78 Å². The third-order valence-corrected chi connectivity index (χ3v) is 4.56. The number of aryl methyl sites for hydroxylation is 2. The zero-order chi connectivity index (χ0) is 19.2. The predicted molar refractivity (Wildman–Crippen MR) is 102 cm³/mol. The number of amides is 2. The van der Waals surface area contributed by atoms with E-state index in [1.807, 2.05) is 49.1 Å². The van der Waals surface area contributed by atoms with E-state index in [0.717, 1.165) is 29.8 Å². The summed E-state index contributed by atoms with van der Waals surface area (Å²) in [5.74, 6) is 2.13. The predicted octanol–water partition coefficient (Wildman–Crippen LogP) is 2.86. The van der Waals surface area contributed by atoms with E-state index in [9.17, 15) is 4.79 Å². The Morgan fingerprint density at radius 2 is 1.89 bits per heavy atom. The fourth-order valence-electron chi connectivity index (χ4n) is 3.12. The second kappa shape index (κ2) is 8.70. The molecule has 3 rings (SSSR count). The van der Waals surface area contributed by atoms with Gasteiger partial charge in [0.1, 0.15) is 17.7 Å². The van der Waals surface area contributed by atoms with Gasteiger partial charge in [-0.2, -0.15) is 4.98 Å². The summed E-state index contributed by atoms with van der Waals surface area (Å²) in [7, 11) is 1.64. The number of nitrogens with one attached hydrogen (secondary N) is 1. The molecule has 2 heterocycles. The largest absolute Gasteiger partial charge is 0.497 e. The van der Waals surface area contributed by atoms with Gasteiger partial charge in [-0.15, -0.1) is 0 Å². The average molecular weight is 370 g/mol. The van der Waals surface area contributed by atoms with E-state index in [4.69, 9.17) is 9.47 Å². The van der Waals surface area contributed by atoms with Crippen molar-refractivity contribution in [3.05, 3.63) is 47.4 Å². The van der Waals surface area contributed by atoms with Crippen LogP contribution < -0.4 is 14.8 Å². The first kappa shape index (κ1) is 18.9. The molecule has 1 aliphatic heterocycles. The maximum absolute atomic E-state index is 12.4. The zero-order valence-corrected chi connectivity index (χ0v) is 16.1. The molecule has 1 N–H and O–H groups in total. The molecular formula is C20H26N4O3. The Hall–Kier alpha value is -2.83. The summed E-state index contributed by atoms with van der Waals surface area (Å²) in [5.41, 5.74) is 1.93. The molecule has 27 heavy (non-hydrogen) atoms. The number of benzene rings is 1. The van der Waals surface area contributed by atoms with Gasteiger partial charge in [0.25, 0.3) is 0 Å². The molecule has 0 bridgehead atoms. The number of nitrogens with zero attached hydrogens (tertiary/aromatic N) is 3. The van der Waals surface area contributed by atoms with Crippen molar-refractivity contribution in [2.24, 2.45) is 0 Å². The summed E-state index contributed by atoms with van der Waals surface area (Å²) in [6.07, 6.45) is 1.65. The van der Waals surface area contributed by atoms with Gasteiger partial charge >= 0.3 is 6.03 Å². The van der Waals surface area contributed by atoms with Gasteiger partial charge in [0.2, 0.25) is 5.88 Å². The van der Waals surface area contributed by atoms with Crippen LogP contribution in [0, 0.1) is 13.8 Å². The van der Waals surface area contributed by atoms with Crippen molar-refractivity contribution in [2.45, 2.75) is 39.3 Å². The second-order valence-electron chi connectivity index (χ2n) is 6.71. The zero-order valence-electron chi connectivity index (χ0n) is 16.1. The van der Waals surface area contributed by atoms with Crippen LogP contribution in [0.15, 0.2) is 30.3 Å². The van der Waals surface area contributed by atoms with Gasteiger partial charge in [0, 0.05) is 44.2 Å². The topological polar surface area (TPSA) is 76.6 Å². The summed E-state index contributed by atoms with van der Waals surface area (Å²) in [4.78, 5) is 22.8. The number of hydrogen-bond acceptors (Lipinski definition) is 5. The van der Waals surface area contributed by atoms with Crippen LogP contribution in [0.1, 0.15) is 29.9 Å². The first-order valence-electron chi connectivity index (χ1n) is 9.18. The van der Waals surface area contributed by atoms with Crippen molar-refractivity contribution in [3.8, 4) is 11.6 Å². The van der Waals surface area contributed by atoms with Crippen LogP contribution in [0.2, 0.25) is 0 Å². The highest BCUT2D eigenvalue weighted by Gasteiger charge is 2.24. The van der Waals surface area contributed by atoms with E-state index in [2.05, 4.69) is 15.3 Å². The van der Waals surface area contributed by atoms with Gasteiger partial charge < -0.3 is 19.7 Å². The van der Waals surface area contributed by atoms with Crippen LogP contribution >= 0.6 is 0 Å². The fourth-order valence-corrected chi connectivity index (χ4v) is 3.12. The number of piperidine rings is 1. The Bertz CT molecular complexity index is 751. The van der Waals surface area contributed by atoms with Gasteiger partial charge in [0.15, 0.2) is 0 Å². The molecule has 2 amide bonds. The van der Waals surface area contributed by atoms with Crippen LogP contribution in [0.3, 0.4) is 0 Å². The van der Waals surface area contributed by atoms with Gasteiger partial charge in [-0.1, -0.05) is 12.1 Å². The first-order valence-corrected chi connectivity index (χ1v) is 9.18. The first-order chi connectivity index (χ1) is 13.0. The Kier molecular flexibility index (Phi) is 6.11. The fraction of sp³-hybridized carbons (Fsp3) is 0.450. The molecule has 1 aromatic carbocycles. The minimum atomic E-state index is -0.0435. The van der Waals surface area contributed by atoms with Crippen molar-refractivity contribution < 1.29 is 14.3 Å². The highest BCUT2D eigenvalue weighted by atomic mass is 16.5. The summed E-state index contributed by atoms with van der Waals surface area (Å²) in [6.45, 7) is 5.62. The molecule has 0 spiro atoms. The highest BCUT2D eigenvalue weighted by Crippen LogP contribution is 2.18. The molecular weight excluding hydrogens is 344 g/mol. The maximum atomic E-state index is 12.4. The molecule has 144 valence electrons. The van der Waals surface area contributed by atoms with E-state index < -0.39 is 0 Å². The van der Waals surface area contributed by atoms with Gasteiger partial charge in [-0.05, 0) is 31.5 Å². The molecule has 1 aromatic heterocycles. The number of aromatic nitrogens is 2. The summed E-state index contributed by atoms with van der Waals surface area (Å²) in [6, 6.07) is 9.48. The van der Waals surface area contributed by atoms with Crippen molar-refractivity contribution in [1.82, 2.24) is 20.2 Å². The lowest BCUT2D eigenvalue weighted by atomic mass is 10.1. The molecule has 2 aromatic rings. The number of urea groups is 1. The number of rotatable bonds is 5. The number of hydrogen-bond donors (Lipinski definition) is 1. The summed E-state index contributed by atoms with van der Waals surface area (Å²) >= 11 is 0. The number of carbonyl (C=O) groups is 1. The summed E-state index contributed by atoms with van der Waals surface area (Å²) in [5, 5.41) is 2.97. The van der Waals surface area contributed by atoms with E-state index >= 15 is 0 Å². The third-order valence-electron chi connectivity index (χ3n) is 4.56. The normalized spacial score (nSPS) is 14.7. The average Bonchev–Trinajstić information content (AvgIpc) is 2.66. The monoisotopic (exact) mass is 370 g/mol. The summed E-state index contributed by atoms with van der Waals surface area (Å²) < 4.78 is 11.1. The molecule has 0 aliphatic carbocycles. The number of likely N-dealkylation sites (tertiary alicyclic amines) is 1. The van der Waals surface area contributed by atoms with E-state index in [-0.39, 0.29) is 12.1 Å². The lowest BCUT2D eigenvalue weighted by Crippen LogP contribution is -2.46. The van der Waals surface area contributed by atoms with Crippen LogP contribution in [0.4, 0.5) is 4.79 Å². The molecule has 1 aliphatic rings. The number of carbonyl (C=O) groups excluding carboxylic acids is 1. The Morgan fingerprint density at radius 3 is 2.52 bits per heavy atom. The molecule has 0 atom stereocenters. The molecule has 1 saturated heterocycles. The number of methoxy groups -OCH3 is 1. The van der Waals surface area contributed by atoms with Gasteiger partial charge in [0.05, 0.1) is 7.11 Å². The van der Waals surface area contributed by atoms with Crippen LogP contribution in [0.25, 0.3) is 0 Å². The molecule has 7 nitrogen and oxygen atoms in total. The number of ether oxygens (including phenoxy) is 2. The molecule has 1 fully saturated rings. The van der Waals surface area contributed by atoms with Crippen molar-refractivity contribution in [1.29, 1.82) is 0 Å². The Labute approximate surface area is 159 Å². The quantitative estimate of drug-likeness (QED) is 0.876. The van der Waals surface area contributed by atoms with Crippen molar-refractivity contribution in [2.75, 3.05) is 20.2 Å². The SMILES string of the molecule is COc1ccc(CNC(=O)N2CCC(Oc3cc(C)nc(C)n3)CC2)cc1. The minimum Gasteiger partial charge on any atom is -0.497 e. The Balaban J connectivity index is 1.44. The molecule has 7 heteroatoms. The Morgan fingerprint density at radius 1 is 1.19 bits per heavy atom. The van der Waals surface area contributed by atoms with Crippen molar-refractivity contribution in [3.63, 3.8) is 0 Å². The van der Waals surface area contributed by atoms with E-state index in [0.29, 0.717) is 31.3 Å². The molecule has 0 saturated carbocycles. The smallest absolute Gasteiger partial charge is 0.317 e. The molecule has 0 radical (unpaired) electrons. The van der Waals surface area contributed by atoms with E-state index in [1.54, 1.807) is 7.11 Å². The minimum absolute atomic E-state index is 0.0435. The highest BCUT2D eigenvalue weighted by molar-refractivity contribution is 5.74. The second-order valence-corrected chi connectivity index (χ2v) is 6.71. The van der Waals surface area contributed by atoms with Crippen LogP contribution in [0.5, 0.6) is 11.6 Å². The van der Waals surface area contributed by atoms with Crippen LogP contribution in [-0.2, 0) is 6.54 Å². The standard InChI is InChI=1S/C20H26N4O3/c1-14-12-19(23-15(2)22-14)27-18-8-10-24(11-9-18)20(25)21-13-16-4-6-17(26-3)7-5-16/h4-7,12,18H,8-11,13H2,1-3H3,(H,21,25). The lowest BCUT2D eigenvalue weighted by Gasteiger charge is -2.32. The third kappa shape index (κ3) is 5.32. The molecule has 0 unspecified atom stereocenters. The maximum Gasteiger partial charge on any atom is 0.317 e.